The number of aromatic nitrogens is 2. The number of carbonyl (C=O) groups excluding carboxylic acids is 2. The molecule has 0 radical (unpaired) electrons. The van der Waals surface area contributed by atoms with Crippen LogP contribution in [0.25, 0.3) is 11.0 Å². The van der Waals surface area contributed by atoms with Gasteiger partial charge < -0.3 is 14.4 Å². The summed E-state index contributed by atoms with van der Waals surface area (Å²) in [6.45, 7) is 5.67. The standard InChI is InChI=1S/C30H31FN4O2/c1-21(2)34(18-22-8-4-3-5-9-22)29(37)20-35-27-11-7-6-10-26(27)32-30(35)24-16-28(36)33(19-24)17-23-12-14-25(31)15-13-23/h3-15,21,24H,16-20H2,1-2H3. The van der Waals surface area contributed by atoms with Crippen LogP contribution in [-0.4, -0.2) is 43.8 Å². The summed E-state index contributed by atoms with van der Waals surface area (Å²) in [5.41, 5.74) is 3.67. The summed E-state index contributed by atoms with van der Waals surface area (Å²) in [5, 5.41) is 0. The number of carbonyl (C=O) groups is 2. The first-order valence-electron chi connectivity index (χ1n) is 12.7. The van der Waals surface area contributed by atoms with E-state index in [-0.39, 0.29) is 36.1 Å². The highest BCUT2D eigenvalue weighted by Gasteiger charge is 2.34. The van der Waals surface area contributed by atoms with E-state index >= 15 is 0 Å². The van der Waals surface area contributed by atoms with E-state index in [0.29, 0.717) is 26.1 Å². The number of benzene rings is 3. The van der Waals surface area contributed by atoms with Crippen molar-refractivity contribution >= 4 is 22.8 Å². The summed E-state index contributed by atoms with van der Waals surface area (Å²) in [6.07, 6.45) is 0.330. The van der Waals surface area contributed by atoms with Crippen molar-refractivity contribution in [2.75, 3.05) is 6.54 Å². The van der Waals surface area contributed by atoms with Crippen molar-refractivity contribution in [1.82, 2.24) is 19.4 Å². The number of para-hydroxylation sites is 2. The maximum Gasteiger partial charge on any atom is 0.243 e. The molecule has 0 aliphatic carbocycles. The van der Waals surface area contributed by atoms with E-state index in [1.807, 2.05) is 77.9 Å². The van der Waals surface area contributed by atoms with E-state index in [2.05, 4.69) is 0 Å². The van der Waals surface area contributed by atoms with E-state index in [1.165, 1.54) is 12.1 Å². The molecule has 7 heteroatoms. The average molecular weight is 499 g/mol. The fourth-order valence-corrected chi connectivity index (χ4v) is 5.05. The average Bonchev–Trinajstić information content (AvgIpc) is 3.44. The molecule has 0 saturated carbocycles. The van der Waals surface area contributed by atoms with Crippen LogP contribution in [0, 0.1) is 5.82 Å². The van der Waals surface area contributed by atoms with E-state index in [4.69, 9.17) is 4.98 Å². The Balaban J connectivity index is 1.40. The van der Waals surface area contributed by atoms with Gasteiger partial charge in [0.05, 0.1) is 11.0 Å². The molecule has 1 fully saturated rings. The number of likely N-dealkylation sites (tertiary alicyclic amines) is 1. The van der Waals surface area contributed by atoms with Gasteiger partial charge in [-0.25, -0.2) is 9.37 Å². The van der Waals surface area contributed by atoms with Gasteiger partial charge in [0.1, 0.15) is 18.2 Å². The van der Waals surface area contributed by atoms with Crippen molar-refractivity contribution in [1.29, 1.82) is 0 Å². The topological polar surface area (TPSA) is 58.4 Å². The van der Waals surface area contributed by atoms with Gasteiger partial charge in [-0.15, -0.1) is 0 Å². The zero-order chi connectivity index (χ0) is 25.9. The van der Waals surface area contributed by atoms with Gasteiger partial charge in [-0.2, -0.15) is 0 Å². The molecule has 0 bridgehead atoms. The van der Waals surface area contributed by atoms with Crippen molar-refractivity contribution in [3.05, 3.63) is 102 Å². The second-order valence-electron chi connectivity index (χ2n) is 9.95. The molecule has 4 aromatic rings. The number of rotatable bonds is 8. The SMILES string of the molecule is CC(C)N(Cc1ccccc1)C(=O)Cn1c(C2CC(=O)N(Cc3ccc(F)cc3)C2)nc2ccccc21. The number of nitrogens with zero attached hydrogens (tertiary/aromatic N) is 4. The second kappa shape index (κ2) is 10.5. The lowest BCUT2D eigenvalue weighted by Gasteiger charge is -2.28. The van der Waals surface area contributed by atoms with Crippen LogP contribution in [0.5, 0.6) is 0 Å². The van der Waals surface area contributed by atoms with Crippen molar-refractivity contribution in [2.45, 2.75) is 51.9 Å². The number of hydrogen-bond acceptors (Lipinski definition) is 3. The smallest absolute Gasteiger partial charge is 0.243 e. The van der Waals surface area contributed by atoms with E-state index in [9.17, 15) is 14.0 Å². The van der Waals surface area contributed by atoms with Crippen LogP contribution in [0.15, 0.2) is 78.9 Å². The lowest BCUT2D eigenvalue weighted by molar-refractivity contribution is -0.134. The van der Waals surface area contributed by atoms with Crippen LogP contribution in [0.4, 0.5) is 4.39 Å². The van der Waals surface area contributed by atoms with E-state index in [0.717, 1.165) is 28.0 Å². The Labute approximate surface area is 216 Å². The molecular weight excluding hydrogens is 467 g/mol. The maximum atomic E-state index is 13.6. The van der Waals surface area contributed by atoms with Gasteiger partial charge in [-0.05, 0) is 49.2 Å². The largest absolute Gasteiger partial charge is 0.338 e. The van der Waals surface area contributed by atoms with Crippen LogP contribution in [0.1, 0.15) is 43.1 Å². The summed E-state index contributed by atoms with van der Waals surface area (Å²) in [6, 6.07) is 24.0. The fourth-order valence-electron chi connectivity index (χ4n) is 5.05. The highest BCUT2D eigenvalue weighted by molar-refractivity contribution is 5.83. The van der Waals surface area contributed by atoms with Crippen molar-refractivity contribution in [3.8, 4) is 0 Å². The molecule has 2 amide bonds. The summed E-state index contributed by atoms with van der Waals surface area (Å²) in [4.78, 5) is 35.1. The van der Waals surface area contributed by atoms with Crippen LogP contribution >= 0.6 is 0 Å². The Morgan fingerprint density at radius 1 is 1.00 bits per heavy atom. The highest BCUT2D eigenvalue weighted by atomic mass is 19.1. The first-order valence-corrected chi connectivity index (χ1v) is 12.7. The van der Waals surface area contributed by atoms with Crippen LogP contribution in [0.3, 0.4) is 0 Å². The van der Waals surface area contributed by atoms with Gasteiger partial charge in [-0.1, -0.05) is 54.6 Å². The lowest BCUT2D eigenvalue weighted by atomic mass is 10.1. The second-order valence-corrected chi connectivity index (χ2v) is 9.95. The first kappa shape index (κ1) is 24.7. The molecule has 2 heterocycles. The molecule has 1 aromatic heterocycles. The lowest BCUT2D eigenvalue weighted by Crippen LogP contribution is -2.39. The van der Waals surface area contributed by atoms with Crippen LogP contribution < -0.4 is 0 Å². The zero-order valence-electron chi connectivity index (χ0n) is 21.2. The van der Waals surface area contributed by atoms with Gasteiger partial charge in [0.15, 0.2) is 0 Å². The minimum Gasteiger partial charge on any atom is -0.338 e. The third-order valence-corrected chi connectivity index (χ3v) is 6.98. The van der Waals surface area contributed by atoms with Crippen molar-refractivity contribution < 1.29 is 14.0 Å². The third kappa shape index (κ3) is 5.40. The van der Waals surface area contributed by atoms with E-state index < -0.39 is 0 Å². The van der Waals surface area contributed by atoms with Gasteiger partial charge in [0.2, 0.25) is 11.8 Å². The molecule has 1 aliphatic rings. The van der Waals surface area contributed by atoms with Crippen molar-refractivity contribution in [2.24, 2.45) is 0 Å². The first-order chi connectivity index (χ1) is 17.9. The maximum absolute atomic E-state index is 13.6. The number of imidazole rings is 1. The van der Waals surface area contributed by atoms with Gasteiger partial charge in [0.25, 0.3) is 0 Å². The molecule has 190 valence electrons. The van der Waals surface area contributed by atoms with Crippen LogP contribution in [0.2, 0.25) is 0 Å². The zero-order valence-corrected chi connectivity index (χ0v) is 21.2. The number of amides is 2. The highest BCUT2D eigenvalue weighted by Crippen LogP contribution is 2.31. The molecule has 3 aromatic carbocycles. The Kier molecular flexibility index (Phi) is 7.04. The van der Waals surface area contributed by atoms with Crippen LogP contribution in [-0.2, 0) is 29.2 Å². The predicted molar refractivity (Wildman–Crippen MR) is 141 cm³/mol. The molecule has 1 atom stereocenters. The summed E-state index contributed by atoms with van der Waals surface area (Å²) < 4.78 is 15.3. The molecule has 6 nitrogen and oxygen atoms in total. The summed E-state index contributed by atoms with van der Waals surface area (Å²) in [5.74, 6) is 0.376. The van der Waals surface area contributed by atoms with Crippen molar-refractivity contribution in [3.63, 3.8) is 0 Å². The third-order valence-electron chi connectivity index (χ3n) is 6.98. The van der Waals surface area contributed by atoms with E-state index in [1.54, 1.807) is 17.0 Å². The molecule has 0 N–H and O–H groups in total. The molecule has 1 saturated heterocycles. The quantitative estimate of drug-likeness (QED) is 0.339. The number of fused-ring (bicyclic) bond motifs is 1. The Hall–Kier alpha value is -4.00. The minimum atomic E-state index is -0.296. The molecule has 0 spiro atoms. The Morgan fingerprint density at radius 3 is 2.43 bits per heavy atom. The Morgan fingerprint density at radius 2 is 1.70 bits per heavy atom. The van der Waals surface area contributed by atoms with Gasteiger partial charge in [-0.3, -0.25) is 9.59 Å². The molecule has 5 rings (SSSR count). The molecule has 1 unspecified atom stereocenters. The number of hydrogen-bond donors (Lipinski definition) is 0. The summed E-state index contributed by atoms with van der Waals surface area (Å²) in [7, 11) is 0. The Bertz CT molecular complexity index is 1400. The molecular formula is C30H31FN4O2. The van der Waals surface area contributed by atoms with Gasteiger partial charge >= 0.3 is 0 Å². The predicted octanol–water partition coefficient (Wildman–Crippen LogP) is 5.13. The monoisotopic (exact) mass is 498 g/mol. The van der Waals surface area contributed by atoms with Gasteiger partial charge in [0, 0.05) is 38.0 Å². The number of halogens is 1. The fraction of sp³-hybridized carbons (Fsp3) is 0.300. The molecule has 1 aliphatic heterocycles. The normalized spacial score (nSPS) is 15.6. The minimum absolute atomic E-state index is 0.00995. The summed E-state index contributed by atoms with van der Waals surface area (Å²) >= 11 is 0. The molecule has 37 heavy (non-hydrogen) atoms.